The fourth-order valence-corrected chi connectivity index (χ4v) is 2.34. The average Bonchev–Trinajstić information content (AvgIpc) is 2.26. The Morgan fingerprint density at radius 1 is 1.44 bits per heavy atom. The molecular formula is C15H21NO2. The zero-order valence-electron chi connectivity index (χ0n) is 11.5. The smallest absolute Gasteiger partial charge is 0.217 e. The minimum absolute atomic E-state index is 0.00222. The van der Waals surface area contributed by atoms with Crippen molar-refractivity contribution in [2.24, 2.45) is 0 Å². The van der Waals surface area contributed by atoms with Crippen LogP contribution in [-0.2, 0) is 11.2 Å². The molecule has 98 valence electrons. The number of aryl methyl sites for hydroxylation is 1. The first-order valence-corrected chi connectivity index (χ1v) is 6.46. The molecule has 1 aromatic carbocycles. The lowest BCUT2D eigenvalue weighted by molar-refractivity contribution is -0.119. The number of carbonyl (C=O) groups excluding carboxylic acids is 1. The van der Waals surface area contributed by atoms with E-state index < -0.39 is 0 Å². The highest BCUT2D eigenvalue weighted by Crippen LogP contribution is 2.34. The van der Waals surface area contributed by atoms with E-state index in [0.717, 1.165) is 24.2 Å². The fraction of sp³-hybridized carbons (Fsp3) is 0.533. The molecule has 0 saturated carbocycles. The summed E-state index contributed by atoms with van der Waals surface area (Å²) in [5.74, 6) is 0.975. The van der Waals surface area contributed by atoms with Gasteiger partial charge in [0.2, 0.25) is 5.91 Å². The van der Waals surface area contributed by atoms with E-state index in [1.807, 2.05) is 19.1 Å². The van der Waals surface area contributed by atoms with Crippen molar-refractivity contribution in [1.82, 2.24) is 5.32 Å². The maximum Gasteiger partial charge on any atom is 0.217 e. The molecule has 18 heavy (non-hydrogen) atoms. The summed E-state index contributed by atoms with van der Waals surface area (Å²) < 4.78 is 5.95. The van der Waals surface area contributed by atoms with Gasteiger partial charge >= 0.3 is 0 Å². The van der Waals surface area contributed by atoms with Crippen LogP contribution >= 0.6 is 0 Å². The van der Waals surface area contributed by atoms with Crippen LogP contribution in [0.15, 0.2) is 18.2 Å². The first-order chi connectivity index (χ1) is 8.37. The van der Waals surface area contributed by atoms with Gasteiger partial charge in [-0.2, -0.15) is 0 Å². The summed E-state index contributed by atoms with van der Waals surface area (Å²) in [4.78, 5) is 11.1. The molecule has 1 aromatic rings. The summed E-state index contributed by atoms with van der Waals surface area (Å²) in [7, 11) is 0. The second kappa shape index (κ2) is 4.63. The number of carbonyl (C=O) groups is 1. The number of ether oxygens (including phenoxy) is 1. The highest BCUT2D eigenvalue weighted by Gasteiger charge is 2.26. The molecule has 2 rings (SSSR count). The molecule has 0 saturated heterocycles. The van der Waals surface area contributed by atoms with Crippen molar-refractivity contribution >= 4 is 5.91 Å². The van der Waals surface area contributed by atoms with Crippen molar-refractivity contribution in [3.8, 4) is 5.75 Å². The minimum Gasteiger partial charge on any atom is -0.488 e. The van der Waals surface area contributed by atoms with E-state index in [0.29, 0.717) is 0 Å². The van der Waals surface area contributed by atoms with Gasteiger partial charge in [-0.15, -0.1) is 0 Å². The van der Waals surface area contributed by atoms with E-state index in [4.69, 9.17) is 4.74 Å². The number of benzene rings is 1. The van der Waals surface area contributed by atoms with Crippen molar-refractivity contribution in [2.75, 3.05) is 0 Å². The van der Waals surface area contributed by atoms with Gasteiger partial charge < -0.3 is 10.1 Å². The van der Waals surface area contributed by atoms with Gasteiger partial charge in [0.1, 0.15) is 11.4 Å². The second-order valence-corrected chi connectivity index (χ2v) is 5.65. The van der Waals surface area contributed by atoms with E-state index in [-0.39, 0.29) is 17.6 Å². The molecule has 1 aliphatic rings. The van der Waals surface area contributed by atoms with Gasteiger partial charge in [0.15, 0.2) is 0 Å². The van der Waals surface area contributed by atoms with Gasteiger partial charge in [-0.25, -0.2) is 0 Å². The SMILES string of the molecule is CC(=O)NC(C)c1ccc2c(c1)CCC(C)(C)O2. The molecule has 1 heterocycles. The van der Waals surface area contributed by atoms with E-state index in [2.05, 4.69) is 25.2 Å². The summed E-state index contributed by atoms with van der Waals surface area (Å²) in [6.07, 6.45) is 2.06. The number of hydrogen-bond donors (Lipinski definition) is 1. The van der Waals surface area contributed by atoms with Crippen LogP contribution in [0.25, 0.3) is 0 Å². The van der Waals surface area contributed by atoms with E-state index in [1.165, 1.54) is 5.56 Å². The van der Waals surface area contributed by atoms with Gasteiger partial charge in [0.05, 0.1) is 6.04 Å². The lowest BCUT2D eigenvalue weighted by Crippen LogP contribution is -2.32. The van der Waals surface area contributed by atoms with Crippen LogP contribution in [0.1, 0.15) is 51.3 Å². The minimum atomic E-state index is -0.0717. The zero-order valence-corrected chi connectivity index (χ0v) is 11.5. The molecule has 0 bridgehead atoms. The number of hydrogen-bond acceptors (Lipinski definition) is 2. The largest absolute Gasteiger partial charge is 0.488 e. The Bertz CT molecular complexity index is 466. The second-order valence-electron chi connectivity index (χ2n) is 5.65. The lowest BCUT2D eigenvalue weighted by Gasteiger charge is -2.33. The number of amides is 1. The van der Waals surface area contributed by atoms with Gasteiger partial charge in [-0.1, -0.05) is 12.1 Å². The van der Waals surface area contributed by atoms with Crippen LogP contribution in [0.4, 0.5) is 0 Å². The Kier molecular flexibility index (Phi) is 3.33. The molecule has 1 aliphatic heterocycles. The van der Waals surface area contributed by atoms with E-state index in [9.17, 15) is 4.79 Å². The molecule has 0 spiro atoms. The first-order valence-electron chi connectivity index (χ1n) is 6.46. The molecule has 1 atom stereocenters. The summed E-state index contributed by atoms with van der Waals surface area (Å²) in [5, 5.41) is 2.90. The predicted octanol–water partition coefficient (Wildman–Crippen LogP) is 2.99. The standard InChI is InChI=1S/C15H21NO2/c1-10(16-11(2)17)12-5-6-14-13(9-12)7-8-15(3,4)18-14/h5-6,9-10H,7-8H2,1-4H3,(H,16,17). The Labute approximate surface area is 109 Å². The van der Waals surface area contributed by atoms with Crippen molar-refractivity contribution < 1.29 is 9.53 Å². The maximum atomic E-state index is 11.1. The highest BCUT2D eigenvalue weighted by molar-refractivity contribution is 5.73. The number of rotatable bonds is 2. The molecular weight excluding hydrogens is 226 g/mol. The van der Waals surface area contributed by atoms with Gasteiger partial charge in [0.25, 0.3) is 0 Å². The zero-order chi connectivity index (χ0) is 13.3. The lowest BCUT2D eigenvalue weighted by atomic mass is 9.92. The first kappa shape index (κ1) is 12.9. The Morgan fingerprint density at radius 2 is 2.17 bits per heavy atom. The third-order valence-electron chi connectivity index (χ3n) is 3.39. The summed E-state index contributed by atoms with van der Waals surface area (Å²) in [6.45, 7) is 7.77. The summed E-state index contributed by atoms with van der Waals surface area (Å²) in [5.41, 5.74) is 2.30. The number of fused-ring (bicyclic) bond motifs is 1. The highest BCUT2D eigenvalue weighted by atomic mass is 16.5. The van der Waals surface area contributed by atoms with Crippen LogP contribution in [0.2, 0.25) is 0 Å². The summed E-state index contributed by atoms with van der Waals surface area (Å²) in [6, 6.07) is 6.23. The quantitative estimate of drug-likeness (QED) is 0.872. The molecule has 0 radical (unpaired) electrons. The van der Waals surface area contributed by atoms with E-state index >= 15 is 0 Å². The van der Waals surface area contributed by atoms with Crippen molar-refractivity contribution in [2.45, 2.75) is 52.2 Å². The monoisotopic (exact) mass is 247 g/mol. The van der Waals surface area contributed by atoms with Crippen LogP contribution < -0.4 is 10.1 Å². The van der Waals surface area contributed by atoms with Crippen LogP contribution in [0.5, 0.6) is 5.75 Å². The van der Waals surface area contributed by atoms with Gasteiger partial charge in [0, 0.05) is 6.92 Å². The van der Waals surface area contributed by atoms with Crippen molar-refractivity contribution in [3.05, 3.63) is 29.3 Å². The molecule has 3 heteroatoms. The molecule has 3 nitrogen and oxygen atoms in total. The molecule has 0 fully saturated rings. The third kappa shape index (κ3) is 2.84. The predicted molar refractivity (Wildman–Crippen MR) is 71.7 cm³/mol. The van der Waals surface area contributed by atoms with Gasteiger partial charge in [-0.3, -0.25) is 4.79 Å². The number of nitrogens with one attached hydrogen (secondary N) is 1. The molecule has 0 aliphatic carbocycles. The topological polar surface area (TPSA) is 38.3 Å². The van der Waals surface area contributed by atoms with Crippen LogP contribution in [0, 0.1) is 0 Å². The van der Waals surface area contributed by atoms with Crippen molar-refractivity contribution in [3.63, 3.8) is 0 Å². The fourth-order valence-electron chi connectivity index (χ4n) is 2.34. The van der Waals surface area contributed by atoms with E-state index in [1.54, 1.807) is 6.92 Å². The molecule has 1 N–H and O–H groups in total. The van der Waals surface area contributed by atoms with Crippen molar-refractivity contribution in [1.29, 1.82) is 0 Å². The Balaban J connectivity index is 2.21. The molecule has 1 unspecified atom stereocenters. The molecule has 0 aromatic heterocycles. The van der Waals surface area contributed by atoms with Crippen LogP contribution in [0.3, 0.4) is 0 Å². The average molecular weight is 247 g/mol. The Hall–Kier alpha value is -1.51. The van der Waals surface area contributed by atoms with Crippen LogP contribution in [-0.4, -0.2) is 11.5 Å². The normalized spacial score (nSPS) is 18.4. The van der Waals surface area contributed by atoms with Gasteiger partial charge in [-0.05, 0) is 50.8 Å². The maximum absolute atomic E-state index is 11.1. The third-order valence-corrected chi connectivity index (χ3v) is 3.39. The summed E-state index contributed by atoms with van der Waals surface area (Å²) >= 11 is 0. The Morgan fingerprint density at radius 3 is 2.83 bits per heavy atom. The molecule has 1 amide bonds.